The van der Waals surface area contributed by atoms with Gasteiger partial charge in [0.25, 0.3) is 0 Å². The molecule has 0 radical (unpaired) electrons. The number of para-hydroxylation sites is 2. The summed E-state index contributed by atoms with van der Waals surface area (Å²) >= 11 is 0. The number of fused-ring (bicyclic) bond motifs is 1. The normalized spacial score (nSPS) is 18.9. The summed E-state index contributed by atoms with van der Waals surface area (Å²) in [6.07, 6.45) is 2.33. The van der Waals surface area contributed by atoms with Crippen molar-refractivity contribution in [2.75, 3.05) is 13.1 Å². The van der Waals surface area contributed by atoms with E-state index in [4.69, 9.17) is 4.98 Å². The zero-order valence-electron chi connectivity index (χ0n) is 12.6. The monoisotopic (exact) mass is 283 g/mol. The molecule has 1 aromatic carbocycles. The van der Waals surface area contributed by atoms with Crippen molar-refractivity contribution in [3.63, 3.8) is 0 Å². The number of benzene rings is 1. The smallest absolute Gasteiger partial charge is 0.223 e. The SMILES string of the molecule is C=CCN1CC(c2nc3ccccc3n2C(C)C)CC1=O. The largest absolute Gasteiger partial charge is 0.338 e. The van der Waals surface area contributed by atoms with E-state index < -0.39 is 0 Å². The predicted molar refractivity (Wildman–Crippen MR) is 84.3 cm³/mol. The Morgan fingerprint density at radius 2 is 2.19 bits per heavy atom. The maximum Gasteiger partial charge on any atom is 0.223 e. The van der Waals surface area contributed by atoms with E-state index in [2.05, 4.69) is 31.1 Å². The molecule has 4 nitrogen and oxygen atoms in total. The summed E-state index contributed by atoms with van der Waals surface area (Å²) in [4.78, 5) is 18.8. The molecule has 1 aliphatic rings. The molecule has 0 bridgehead atoms. The van der Waals surface area contributed by atoms with E-state index in [-0.39, 0.29) is 11.8 Å². The third kappa shape index (κ3) is 2.35. The van der Waals surface area contributed by atoms with E-state index in [1.165, 1.54) is 0 Å². The Kier molecular flexibility index (Phi) is 3.53. The van der Waals surface area contributed by atoms with Crippen LogP contribution in [0.15, 0.2) is 36.9 Å². The van der Waals surface area contributed by atoms with Gasteiger partial charge < -0.3 is 9.47 Å². The van der Waals surface area contributed by atoms with E-state index in [0.717, 1.165) is 23.4 Å². The van der Waals surface area contributed by atoms with E-state index >= 15 is 0 Å². The molecule has 21 heavy (non-hydrogen) atoms. The fraction of sp³-hybridized carbons (Fsp3) is 0.412. The number of likely N-dealkylation sites (tertiary alicyclic amines) is 1. The van der Waals surface area contributed by atoms with Gasteiger partial charge in [0.15, 0.2) is 0 Å². The number of nitrogens with zero attached hydrogens (tertiary/aromatic N) is 3. The fourth-order valence-corrected chi connectivity index (χ4v) is 3.17. The first-order chi connectivity index (χ1) is 10.1. The topological polar surface area (TPSA) is 38.1 Å². The number of carbonyl (C=O) groups is 1. The lowest BCUT2D eigenvalue weighted by Gasteiger charge is -2.17. The number of imidazole rings is 1. The molecular weight excluding hydrogens is 262 g/mol. The zero-order valence-corrected chi connectivity index (χ0v) is 12.6. The number of rotatable bonds is 4. The van der Waals surface area contributed by atoms with E-state index in [1.54, 1.807) is 6.08 Å². The van der Waals surface area contributed by atoms with Crippen molar-refractivity contribution in [2.45, 2.75) is 32.2 Å². The van der Waals surface area contributed by atoms with E-state index in [1.807, 2.05) is 23.1 Å². The molecule has 1 amide bonds. The minimum atomic E-state index is 0.173. The lowest BCUT2D eigenvalue weighted by molar-refractivity contribution is -0.127. The molecule has 4 heteroatoms. The lowest BCUT2D eigenvalue weighted by Crippen LogP contribution is -2.25. The summed E-state index contributed by atoms with van der Waals surface area (Å²) in [5, 5.41) is 0. The highest BCUT2D eigenvalue weighted by Gasteiger charge is 2.33. The average Bonchev–Trinajstić information content (AvgIpc) is 3.00. The molecule has 1 unspecified atom stereocenters. The Bertz CT molecular complexity index is 686. The van der Waals surface area contributed by atoms with Crippen LogP contribution in [0.4, 0.5) is 0 Å². The van der Waals surface area contributed by atoms with Gasteiger partial charge in [-0.2, -0.15) is 0 Å². The number of aromatic nitrogens is 2. The Morgan fingerprint density at radius 3 is 2.90 bits per heavy atom. The highest BCUT2D eigenvalue weighted by atomic mass is 16.2. The van der Waals surface area contributed by atoms with Crippen LogP contribution < -0.4 is 0 Å². The number of hydrogen-bond donors (Lipinski definition) is 0. The molecular formula is C17H21N3O. The standard InChI is InChI=1S/C17H21N3O/c1-4-9-19-11-13(10-16(19)21)17-18-14-7-5-6-8-15(14)20(17)12(2)3/h4-8,12-13H,1,9-11H2,2-3H3. The molecule has 1 atom stereocenters. The van der Waals surface area contributed by atoms with Gasteiger partial charge in [0, 0.05) is 31.5 Å². The number of carbonyl (C=O) groups excluding carboxylic acids is 1. The van der Waals surface area contributed by atoms with Crippen LogP contribution in [0, 0.1) is 0 Å². The van der Waals surface area contributed by atoms with Crippen LogP contribution in [0.25, 0.3) is 11.0 Å². The first-order valence-electron chi connectivity index (χ1n) is 7.47. The van der Waals surface area contributed by atoms with Crippen molar-refractivity contribution >= 4 is 16.9 Å². The highest BCUT2D eigenvalue weighted by molar-refractivity contribution is 5.81. The van der Waals surface area contributed by atoms with Crippen molar-refractivity contribution in [1.82, 2.24) is 14.5 Å². The summed E-state index contributed by atoms with van der Waals surface area (Å²) in [5.41, 5.74) is 2.16. The van der Waals surface area contributed by atoms with Crippen LogP contribution in [-0.4, -0.2) is 33.4 Å². The van der Waals surface area contributed by atoms with Gasteiger partial charge in [0.05, 0.1) is 11.0 Å². The third-order valence-corrected chi connectivity index (χ3v) is 4.07. The van der Waals surface area contributed by atoms with Crippen LogP contribution >= 0.6 is 0 Å². The van der Waals surface area contributed by atoms with Crippen LogP contribution in [0.3, 0.4) is 0 Å². The predicted octanol–water partition coefficient (Wildman–Crippen LogP) is 3.12. The second-order valence-electron chi connectivity index (χ2n) is 5.91. The van der Waals surface area contributed by atoms with Gasteiger partial charge in [0.2, 0.25) is 5.91 Å². The maximum absolute atomic E-state index is 12.1. The van der Waals surface area contributed by atoms with Crippen LogP contribution in [0.5, 0.6) is 0 Å². The molecule has 0 spiro atoms. The molecule has 0 saturated carbocycles. The van der Waals surface area contributed by atoms with Crippen LogP contribution in [0.2, 0.25) is 0 Å². The molecule has 0 aliphatic carbocycles. The van der Waals surface area contributed by atoms with Gasteiger partial charge in [-0.1, -0.05) is 18.2 Å². The van der Waals surface area contributed by atoms with Gasteiger partial charge in [-0.15, -0.1) is 6.58 Å². The highest BCUT2D eigenvalue weighted by Crippen LogP contribution is 2.32. The molecule has 3 rings (SSSR count). The van der Waals surface area contributed by atoms with E-state index in [9.17, 15) is 4.79 Å². The Balaban J connectivity index is 2.03. The third-order valence-electron chi connectivity index (χ3n) is 4.07. The Labute approximate surface area is 125 Å². The summed E-state index contributed by atoms with van der Waals surface area (Å²) in [6, 6.07) is 8.51. The first-order valence-corrected chi connectivity index (χ1v) is 7.47. The molecule has 1 fully saturated rings. The number of amides is 1. The van der Waals surface area contributed by atoms with Gasteiger partial charge >= 0.3 is 0 Å². The van der Waals surface area contributed by atoms with Gasteiger partial charge in [-0.05, 0) is 26.0 Å². The molecule has 0 N–H and O–H groups in total. The minimum absolute atomic E-state index is 0.173. The van der Waals surface area contributed by atoms with Crippen molar-refractivity contribution < 1.29 is 4.79 Å². The van der Waals surface area contributed by atoms with E-state index in [0.29, 0.717) is 19.0 Å². The summed E-state index contributed by atoms with van der Waals surface area (Å²) < 4.78 is 2.27. The Hall–Kier alpha value is -2.10. The first kappa shape index (κ1) is 13.9. The summed E-state index contributed by atoms with van der Waals surface area (Å²) in [6.45, 7) is 9.41. The quantitative estimate of drug-likeness (QED) is 0.809. The molecule has 1 saturated heterocycles. The second kappa shape index (κ2) is 5.35. The van der Waals surface area contributed by atoms with Crippen molar-refractivity contribution in [2.24, 2.45) is 0 Å². The van der Waals surface area contributed by atoms with Gasteiger partial charge in [0.1, 0.15) is 5.82 Å². The molecule has 2 aromatic rings. The van der Waals surface area contributed by atoms with Crippen molar-refractivity contribution in [3.8, 4) is 0 Å². The lowest BCUT2D eigenvalue weighted by atomic mass is 10.1. The van der Waals surface area contributed by atoms with Gasteiger partial charge in [-0.3, -0.25) is 4.79 Å². The minimum Gasteiger partial charge on any atom is -0.338 e. The Morgan fingerprint density at radius 1 is 1.43 bits per heavy atom. The van der Waals surface area contributed by atoms with Gasteiger partial charge in [-0.25, -0.2) is 4.98 Å². The van der Waals surface area contributed by atoms with Crippen LogP contribution in [-0.2, 0) is 4.79 Å². The molecule has 1 aromatic heterocycles. The summed E-state index contributed by atoms with van der Waals surface area (Å²) in [7, 11) is 0. The fourth-order valence-electron chi connectivity index (χ4n) is 3.17. The second-order valence-corrected chi connectivity index (χ2v) is 5.91. The number of hydrogen-bond acceptors (Lipinski definition) is 2. The molecule has 2 heterocycles. The zero-order chi connectivity index (χ0) is 15.0. The van der Waals surface area contributed by atoms with Crippen molar-refractivity contribution in [1.29, 1.82) is 0 Å². The molecule has 1 aliphatic heterocycles. The maximum atomic E-state index is 12.1. The summed E-state index contributed by atoms with van der Waals surface area (Å²) in [5.74, 6) is 1.40. The van der Waals surface area contributed by atoms with Crippen molar-refractivity contribution in [3.05, 3.63) is 42.7 Å². The van der Waals surface area contributed by atoms with Crippen LogP contribution in [0.1, 0.15) is 38.1 Å². The molecule has 110 valence electrons. The average molecular weight is 283 g/mol.